The molecule has 0 spiro atoms. The SMILES string of the molecule is CC(C)=CCCC(C)CCOCc1ccccc1. The number of allylic oxidation sites excluding steroid dienone is 2. The molecule has 0 N–H and O–H groups in total. The molecule has 1 aromatic carbocycles. The van der Waals surface area contributed by atoms with Gasteiger partial charge in [0.05, 0.1) is 6.61 Å². The molecule has 0 bridgehead atoms. The van der Waals surface area contributed by atoms with Crippen molar-refractivity contribution < 1.29 is 4.74 Å². The van der Waals surface area contributed by atoms with Gasteiger partial charge >= 0.3 is 0 Å². The molecule has 0 radical (unpaired) electrons. The van der Waals surface area contributed by atoms with Gasteiger partial charge in [-0.25, -0.2) is 0 Å². The van der Waals surface area contributed by atoms with E-state index in [0.29, 0.717) is 0 Å². The molecule has 0 aliphatic heterocycles. The quantitative estimate of drug-likeness (QED) is 0.464. The van der Waals surface area contributed by atoms with Crippen LogP contribution in [0.5, 0.6) is 0 Å². The van der Waals surface area contributed by atoms with Gasteiger partial charge in [-0.05, 0) is 44.6 Å². The molecule has 0 fully saturated rings. The Bertz CT molecular complexity index is 336. The second kappa shape index (κ2) is 8.93. The number of benzene rings is 1. The molecule has 0 heterocycles. The lowest BCUT2D eigenvalue weighted by atomic mass is 10.0. The van der Waals surface area contributed by atoms with Gasteiger partial charge in [0.15, 0.2) is 0 Å². The lowest BCUT2D eigenvalue weighted by Crippen LogP contribution is -2.02. The maximum absolute atomic E-state index is 5.70. The van der Waals surface area contributed by atoms with Crippen LogP contribution in [0.1, 0.15) is 45.6 Å². The highest BCUT2D eigenvalue weighted by atomic mass is 16.5. The summed E-state index contributed by atoms with van der Waals surface area (Å²) >= 11 is 0. The van der Waals surface area contributed by atoms with Crippen LogP contribution in [-0.4, -0.2) is 6.61 Å². The highest BCUT2D eigenvalue weighted by Gasteiger charge is 2.01. The van der Waals surface area contributed by atoms with Crippen LogP contribution in [0.3, 0.4) is 0 Å². The number of hydrogen-bond donors (Lipinski definition) is 0. The highest BCUT2D eigenvalue weighted by Crippen LogP contribution is 2.12. The topological polar surface area (TPSA) is 9.23 Å². The molecular weight excluding hydrogens is 220 g/mol. The molecule has 0 aromatic heterocycles. The van der Waals surface area contributed by atoms with Gasteiger partial charge in [-0.3, -0.25) is 0 Å². The summed E-state index contributed by atoms with van der Waals surface area (Å²) < 4.78 is 5.70. The van der Waals surface area contributed by atoms with Crippen molar-refractivity contribution >= 4 is 0 Å². The molecule has 1 aromatic rings. The fourth-order valence-electron chi connectivity index (χ4n) is 1.85. The third-order valence-corrected chi connectivity index (χ3v) is 3.08. The summed E-state index contributed by atoms with van der Waals surface area (Å²) in [6.07, 6.45) is 5.94. The zero-order chi connectivity index (χ0) is 13.2. The molecule has 0 aliphatic rings. The third-order valence-electron chi connectivity index (χ3n) is 3.08. The summed E-state index contributed by atoms with van der Waals surface area (Å²) in [7, 11) is 0. The summed E-state index contributed by atoms with van der Waals surface area (Å²) in [6.45, 7) is 8.23. The second-order valence-corrected chi connectivity index (χ2v) is 5.29. The van der Waals surface area contributed by atoms with Gasteiger partial charge in [-0.1, -0.05) is 48.9 Å². The van der Waals surface area contributed by atoms with Crippen molar-refractivity contribution in [2.45, 2.75) is 46.6 Å². The summed E-state index contributed by atoms with van der Waals surface area (Å²) in [5.74, 6) is 0.747. The van der Waals surface area contributed by atoms with E-state index in [-0.39, 0.29) is 0 Å². The zero-order valence-corrected chi connectivity index (χ0v) is 12.0. The Hall–Kier alpha value is -1.08. The Labute approximate surface area is 112 Å². The fourth-order valence-corrected chi connectivity index (χ4v) is 1.85. The Morgan fingerprint density at radius 3 is 2.56 bits per heavy atom. The van der Waals surface area contributed by atoms with Gasteiger partial charge in [0.2, 0.25) is 0 Å². The molecule has 18 heavy (non-hydrogen) atoms. The van der Waals surface area contributed by atoms with Gasteiger partial charge in [0.1, 0.15) is 0 Å². The third kappa shape index (κ3) is 7.29. The summed E-state index contributed by atoms with van der Waals surface area (Å²) in [4.78, 5) is 0. The number of rotatable bonds is 8. The first kappa shape index (κ1) is 15.0. The van der Waals surface area contributed by atoms with Crippen molar-refractivity contribution in [1.82, 2.24) is 0 Å². The van der Waals surface area contributed by atoms with E-state index in [1.165, 1.54) is 24.0 Å². The molecule has 0 saturated heterocycles. The van der Waals surface area contributed by atoms with Crippen LogP contribution in [0, 0.1) is 5.92 Å². The molecule has 1 unspecified atom stereocenters. The molecule has 0 aliphatic carbocycles. The van der Waals surface area contributed by atoms with Crippen LogP contribution in [0.15, 0.2) is 42.0 Å². The summed E-state index contributed by atoms with van der Waals surface area (Å²) in [5.41, 5.74) is 2.68. The van der Waals surface area contributed by atoms with Gasteiger partial charge in [0.25, 0.3) is 0 Å². The Balaban J connectivity index is 2.05. The predicted octanol–water partition coefficient (Wildman–Crippen LogP) is 4.98. The molecule has 0 amide bonds. The van der Waals surface area contributed by atoms with Gasteiger partial charge in [-0.2, -0.15) is 0 Å². The van der Waals surface area contributed by atoms with Crippen LogP contribution in [0.4, 0.5) is 0 Å². The van der Waals surface area contributed by atoms with E-state index < -0.39 is 0 Å². The van der Waals surface area contributed by atoms with E-state index in [4.69, 9.17) is 4.74 Å². The minimum absolute atomic E-state index is 0.738. The number of ether oxygens (including phenoxy) is 1. The van der Waals surface area contributed by atoms with Crippen LogP contribution in [-0.2, 0) is 11.3 Å². The van der Waals surface area contributed by atoms with Crippen LogP contribution < -0.4 is 0 Å². The molecule has 1 heteroatoms. The van der Waals surface area contributed by atoms with Crippen LogP contribution in [0.2, 0.25) is 0 Å². The standard InChI is InChI=1S/C17H26O/c1-15(2)8-7-9-16(3)12-13-18-14-17-10-5-4-6-11-17/h4-6,8,10-11,16H,7,9,12-14H2,1-3H3. The van der Waals surface area contributed by atoms with Gasteiger partial charge < -0.3 is 4.74 Å². The normalized spacial score (nSPS) is 12.2. The molecule has 100 valence electrons. The summed E-state index contributed by atoms with van der Waals surface area (Å²) in [5, 5.41) is 0. The molecular formula is C17H26O. The van der Waals surface area contributed by atoms with E-state index in [9.17, 15) is 0 Å². The van der Waals surface area contributed by atoms with E-state index >= 15 is 0 Å². The lowest BCUT2D eigenvalue weighted by molar-refractivity contribution is 0.108. The van der Waals surface area contributed by atoms with E-state index in [2.05, 4.69) is 51.1 Å². The first-order chi connectivity index (χ1) is 8.68. The van der Waals surface area contributed by atoms with Gasteiger partial charge in [-0.15, -0.1) is 0 Å². The monoisotopic (exact) mass is 246 g/mol. The minimum atomic E-state index is 0.738. The maximum atomic E-state index is 5.70. The average Bonchev–Trinajstić information content (AvgIpc) is 2.35. The van der Waals surface area contributed by atoms with Crippen molar-refractivity contribution in [2.24, 2.45) is 5.92 Å². The summed E-state index contributed by atoms with van der Waals surface area (Å²) in [6, 6.07) is 10.4. The van der Waals surface area contributed by atoms with Crippen LogP contribution >= 0.6 is 0 Å². The molecule has 1 rings (SSSR count). The Kier molecular flexibility index (Phi) is 7.43. The fraction of sp³-hybridized carbons (Fsp3) is 0.529. The Morgan fingerprint density at radius 1 is 1.17 bits per heavy atom. The number of hydrogen-bond acceptors (Lipinski definition) is 1. The lowest BCUT2D eigenvalue weighted by Gasteiger charge is -2.10. The second-order valence-electron chi connectivity index (χ2n) is 5.29. The average molecular weight is 246 g/mol. The zero-order valence-electron chi connectivity index (χ0n) is 12.0. The van der Waals surface area contributed by atoms with Crippen molar-refractivity contribution in [1.29, 1.82) is 0 Å². The minimum Gasteiger partial charge on any atom is -0.377 e. The van der Waals surface area contributed by atoms with Crippen molar-refractivity contribution in [2.75, 3.05) is 6.61 Å². The van der Waals surface area contributed by atoms with E-state index in [1.807, 2.05) is 6.07 Å². The molecule has 1 atom stereocenters. The first-order valence-corrected chi connectivity index (χ1v) is 6.93. The highest BCUT2D eigenvalue weighted by molar-refractivity contribution is 5.13. The molecule has 0 saturated carbocycles. The van der Waals surface area contributed by atoms with Crippen LogP contribution in [0.25, 0.3) is 0 Å². The van der Waals surface area contributed by atoms with E-state index in [1.54, 1.807) is 0 Å². The van der Waals surface area contributed by atoms with Crippen molar-refractivity contribution in [3.05, 3.63) is 47.5 Å². The van der Waals surface area contributed by atoms with E-state index in [0.717, 1.165) is 25.6 Å². The smallest absolute Gasteiger partial charge is 0.0716 e. The first-order valence-electron chi connectivity index (χ1n) is 6.93. The van der Waals surface area contributed by atoms with Crippen molar-refractivity contribution in [3.63, 3.8) is 0 Å². The Morgan fingerprint density at radius 2 is 1.89 bits per heavy atom. The largest absolute Gasteiger partial charge is 0.377 e. The van der Waals surface area contributed by atoms with Crippen molar-refractivity contribution in [3.8, 4) is 0 Å². The maximum Gasteiger partial charge on any atom is 0.0716 e. The van der Waals surface area contributed by atoms with Gasteiger partial charge in [0, 0.05) is 6.61 Å². The predicted molar refractivity (Wildman–Crippen MR) is 78.5 cm³/mol. The molecule has 1 nitrogen and oxygen atoms in total.